The molecule has 3 aromatic heterocycles. The summed E-state index contributed by atoms with van der Waals surface area (Å²) in [6.07, 6.45) is -1.43. The lowest BCUT2D eigenvalue weighted by molar-refractivity contribution is -0.137. The molecule has 0 saturated heterocycles. The van der Waals surface area contributed by atoms with E-state index >= 15 is 0 Å². The molecule has 3 heterocycles. The maximum absolute atomic E-state index is 13.8. The van der Waals surface area contributed by atoms with Gasteiger partial charge in [-0.25, -0.2) is 9.20 Å². The number of rotatable bonds is 10. The fourth-order valence-corrected chi connectivity index (χ4v) is 5.08. The van der Waals surface area contributed by atoms with Crippen LogP contribution in [-0.2, 0) is 15.8 Å². The predicted octanol–water partition coefficient (Wildman–Crippen LogP) is 5.19. The third kappa shape index (κ3) is 7.31. The molecule has 242 valence electrons. The van der Waals surface area contributed by atoms with Gasteiger partial charge in [0.1, 0.15) is 0 Å². The number of aromatic nitrogens is 5. The van der Waals surface area contributed by atoms with Crippen LogP contribution in [-0.4, -0.2) is 80.2 Å². The molecule has 0 unspecified atom stereocenters. The average molecular weight is 644 g/mol. The zero-order valence-corrected chi connectivity index (χ0v) is 26.2. The minimum absolute atomic E-state index is 0.0127. The van der Waals surface area contributed by atoms with E-state index in [0.717, 1.165) is 12.1 Å². The van der Waals surface area contributed by atoms with E-state index in [9.17, 15) is 28.0 Å². The minimum atomic E-state index is -4.57. The second kappa shape index (κ2) is 13.4. The third-order valence-corrected chi connectivity index (χ3v) is 7.65. The number of alkyl halides is 3. The second-order valence-electron chi connectivity index (χ2n) is 11.3. The number of nitriles is 1. The molecule has 14 heteroatoms. The van der Waals surface area contributed by atoms with Crippen molar-refractivity contribution in [3.8, 4) is 34.1 Å². The van der Waals surface area contributed by atoms with Gasteiger partial charge in [-0.15, -0.1) is 5.10 Å². The first-order chi connectivity index (χ1) is 22.3. The van der Waals surface area contributed by atoms with Crippen molar-refractivity contribution in [2.45, 2.75) is 25.9 Å². The molecule has 0 fully saturated rings. The highest BCUT2D eigenvalue weighted by atomic mass is 19.4. The molecule has 0 aliphatic carbocycles. The summed E-state index contributed by atoms with van der Waals surface area (Å²) in [5.41, 5.74) is 2.99. The number of pyridine rings is 1. The Labute approximate surface area is 268 Å². The number of hydrogen-bond donors (Lipinski definition) is 1. The number of hydrogen-bond acceptors (Lipinski definition) is 7. The van der Waals surface area contributed by atoms with Crippen molar-refractivity contribution in [2.24, 2.45) is 0 Å². The Hall–Kier alpha value is -5.55. The van der Waals surface area contributed by atoms with Gasteiger partial charge in [-0.2, -0.15) is 28.5 Å². The minimum Gasteiger partial charge on any atom is -0.344 e. The molecule has 2 aromatic carbocycles. The highest BCUT2D eigenvalue weighted by molar-refractivity contribution is 5.93. The van der Waals surface area contributed by atoms with Crippen LogP contribution in [0.4, 0.5) is 19.1 Å². The topological polar surface area (TPSA) is 124 Å². The van der Waals surface area contributed by atoms with E-state index in [4.69, 9.17) is 0 Å². The van der Waals surface area contributed by atoms with Crippen LogP contribution in [0.1, 0.15) is 29.5 Å². The molecule has 1 N–H and O–H groups in total. The summed E-state index contributed by atoms with van der Waals surface area (Å²) < 4.78 is 44.3. The Balaban J connectivity index is 1.54. The molecule has 11 nitrogen and oxygen atoms in total. The molecular formula is C33H32F3N9O2. The number of benzene rings is 2. The monoisotopic (exact) mass is 643 g/mol. The van der Waals surface area contributed by atoms with Crippen LogP contribution >= 0.6 is 0 Å². The number of likely N-dealkylation sites (N-methyl/N-ethyl adjacent to an activating group) is 2. The molecule has 2 amide bonds. The molecule has 0 aliphatic heterocycles. The van der Waals surface area contributed by atoms with E-state index in [0.29, 0.717) is 46.7 Å². The number of nitrogens with zero attached hydrogens (tertiary/aromatic N) is 8. The van der Waals surface area contributed by atoms with Crippen molar-refractivity contribution in [1.29, 1.82) is 5.26 Å². The molecule has 47 heavy (non-hydrogen) atoms. The quantitative estimate of drug-likeness (QED) is 0.222. The second-order valence-corrected chi connectivity index (χ2v) is 11.3. The van der Waals surface area contributed by atoms with Gasteiger partial charge in [0, 0.05) is 50.3 Å². The number of nitrogens with one attached hydrogen (secondary N) is 1. The molecule has 0 atom stereocenters. The highest BCUT2D eigenvalue weighted by Gasteiger charge is 2.31. The van der Waals surface area contributed by atoms with E-state index in [1.165, 1.54) is 10.6 Å². The van der Waals surface area contributed by atoms with Crippen LogP contribution in [0.2, 0.25) is 0 Å². The average Bonchev–Trinajstić information content (AvgIpc) is 3.68. The summed E-state index contributed by atoms with van der Waals surface area (Å²) in [6.45, 7) is 2.97. The van der Waals surface area contributed by atoms with E-state index < -0.39 is 17.6 Å². The summed E-state index contributed by atoms with van der Waals surface area (Å²) in [5.74, 6) is -0.726. The SMILES string of the molecule is Cc1c(-c2ccnn2-c2ccc(C#N)cc2)cn2nc(NC(=O)CCC(=O)N(C)CCN(C)C)nc2c1-c1cccc(C(F)(F)F)c1. The van der Waals surface area contributed by atoms with E-state index in [-0.39, 0.29) is 35.9 Å². The molecule has 0 spiro atoms. The fourth-order valence-electron chi connectivity index (χ4n) is 5.08. The van der Waals surface area contributed by atoms with Crippen LogP contribution in [0.25, 0.3) is 33.7 Å². The number of carbonyl (C=O) groups excluding carboxylic acids is 2. The smallest absolute Gasteiger partial charge is 0.344 e. The van der Waals surface area contributed by atoms with Crippen molar-refractivity contribution in [1.82, 2.24) is 34.2 Å². The maximum Gasteiger partial charge on any atom is 0.416 e. The summed E-state index contributed by atoms with van der Waals surface area (Å²) in [5, 5.41) is 20.7. The van der Waals surface area contributed by atoms with Gasteiger partial charge in [0.2, 0.25) is 17.8 Å². The lowest BCUT2D eigenvalue weighted by atomic mass is 9.95. The normalized spacial score (nSPS) is 11.6. The van der Waals surface area contributed by atoms with Crippen molar-refractivity contribution in [3.63, 3.8) is 0 Å². The van der Waals surface area contributed by atoms with Gasteiger partial charge < -0.3 is 9.80 Å². The first-order valence-electron chi connectivity index (χ1n) is 14.7. The Bertz CT molecular complexity index is 1970. The van der Waals surface area contributed by atoms with Crippen LogP contribution in [0, 0.1) is 18.3 Å². The molecule has 5 rings (SSSR count). The summed E-state index contributed by atoms with van der Waals surface area (Å²) in [4.78, 5) is 33.3. The van der Waals surface area contributed by atoms with Crippen LogP contribution in [0.15, 0.2) is 67.0 Å². The third-order valence-electron chi connectivity index (χ3n) is 7.65. The number of carbonyl (C=O) groups is 2. The number of anilines is 1. The van der Waals surface area contributed by atoms with Gasteiger partial charge in [-0.3, -0.25) is 14.9 Å². The number of amides is 2. The predicted molar refractivity (Wildman–Crippen MR) is 169 cm³/mol. The van der Waals surface area contributed by atoms with Gasteiger partial charge in [0.05, 0.1) is 34.8 Å². The largest absolute Gasteiger partial charge is 0.416 e. The first kappa shape index (κ1) is 32.8. The Morgan fingerprint density at radius 2 is 1.77 bits per heavy atom. The Morgan fingerprint density at radius 1 is 1.02 bits per heavy atom. The number of fused-ring (bicyclic) bond motifs is 1. The Kier molecular flexibility index (Phi) is 9.39. The summed E-state index contributed by atoms with van der Waals surface area (Å²) >= 11 is 0. The zero-order valence-electron chi connectivity index (χ0n) is 26.2. The summed E-state index contributed by atoms with van der Waals surface area (Å²) in [6, 6.07) is 15.6. The molecule has 5 aromatic rings. The molecular weight excluding hydrogens is 611 g/mol. The lowest BCUT2D eigenvalue weighted by Gasteiger charge is -2.19. The van der Waals surface area contributed by atoms with Gasteiger partial charge in [0.15, 0.2) is 5.65 Å². The van der Waals surface area contributed by atoms with Crippen molar-refractivity contribution < 1.29 is 22.8 Å². The van der Waals surface area contributed by atoms with Crippen molar-refractivity contribution in [2.75, 3.05) is 39.5 Å². The molecule has 0 saturated carbocycles. The van der Waals surface area contributed by atoms with Gasteiger partial charge in [-0.1, -0.05) is 12.1 Å². The van der Waals surface area contributed by atoms with E-state index in [1.54, 1.807) is 72.3 Å². The zero-order chi connectivity index (χ0) is 33.9. The maximum atomic E-state index is 13.8. The van der Waals surface area contributed by atoms with Gasteiger partial charge >= 0.3 is 6.18 Å². The van der Waals surface area contributed by atoms with E-state index in [2.05, 4.69) is 26.6 Å². The van der Waals surface area contributed by atoms with Crippen molar-refractivity contribution in [3.05, 3.63) is 83.7 Å². The lowest BCUT2D eigenvalue weighted by Crippen LogP contribution is -2.33. The summed E-state index contributed by atoms with van der Waals surface area (Å²) in [7, 11) is 5.48. The van der Waals surface area contributed by atoms with E-state index in [1.807, 2.05) is 19.0 Å². The van der Waals surface area contributed by atoms with Gasteiger partial charge in [0.25, 0.3) is 0 Å². The molecule has 0 radical (unpaired) electrons. The standard InChI is InChI=1S/C33H32F3N9O2/c1-21-26(27-14-15-38-45(27)25-10-8-22(19-37)9-11-25)20-44-31(30(21)23-6-5-7-24(18-23)33(34,35)36)40-32(41-44)39-28(46)12-13-29(47)43(4)17-16-42(2)3/h5-11,14-15,18,20H,12-13,16-17H2,1-4H3,(H,39,41,46). The van der Waals surface area contributed by atoms with Crippen LogP contribution in [0.3, 0.4) is 0 Å². The Morgan fingerprint density at radius 3 is 2.45 bits per heavy atom. The fraction of sp³-hybridized carbons (Fsp3) is 0.273. The van der Waals surface area contributed by atoms with Crippen molar-refractivity contribution >= 4 is 23.4 Å². The van der Waals surface area contributed by atoms with Crippen LogP contribution in [0.5, 0.6) is 0 Å². The highest BCUT2D eigenvalue weighted by Crippen LogP contribution is 2.38. The first-order valence-corrected chi connectivity index (χ1v) is 14.7. The van der Waals surface area contributed by atoms with Crippen LogP contribution < -0.4 is 5.32 Å². The van der Waals surface area contributed by atoms with Gasteiger partial charge in [-0.05, 0) is 74.6 Å². The number of halogens is 3. The molecule has 0 bridgehead atoms. The molecule has 0 aliphatic rings.